The molecule has 1 nitrogen and oxygen atoms in total. The van der Waals surface area contributed by atoms with Gasteiger partial charge < -0.3 is 5.73 Å². The summed E-state index contributed by atoms with van der Waals surface area (Å²) in [5.74, 6) is 0.737. The summed E-state index contributed by atoms with van der Waals surface area (Å²) >= 11 is 0. The molecule has 0 bridgehead atoms. The normalized spacial score (nSPS) is 14.9. The fourth-order valence-electron chi connectivity index (χ4n) is 2.31. The molecule has 0 saturated carbocycles. The molecule has 3 heteroatoms. The van der Waals surface area contributed by atoms with Gasteiger partial charge in [-0.15, -0.1) is 0 Å². The first kappa shape index (κ1) is 21.7. The van der Waals surface area contributed by atoms with Crippen LogP contribution in [0.5, 0.6) is 0 Å². The second kappa shape index (κ2) is 7.49. The second-order valence-electron chi connectivity index (χ2n) is 9.49. The van der Waals surface area contributed by atoms with Gasteiger partial charge in [-0.25, -0.2) is 0 Å². The molecule has 21 heavy (non-hydrogen) atoms. The van der Waals surface area contributed by atoms with Crippen molar-refractivity contribution in [3.05, 3.63) is 0 Å². The van der Waals surface area contributed by atoms with Gasteiger partial charge in [0, 0.05) is 15.0 Å². The summed E-state index contributed by atoms with van der Waals surface area (Å²) in [4.78, 5) is 0. The lowest BCUT2D eigenvalue weighted by atomic mass is 9.76. The lowest BCUT2D eigenvalue weighted by Crippen LogP contribution is -2.38. The predicted molar refractivity (Wildman–Crippen MR) is 104 cm³/mol. The van der Waals surface area contributed by atoms with Crippen molar-refractivity contribution in [3.63, 3.8) is 0 Å². The first-order valence-electron chi connectivity index (χ1n) is 8.22. The molecule has 0 aliphatic rings. The molecule has 0 aromatic carbocycles. The fourth-order valence-corrected chi connectivity index (χ4v) is 5.15. The topological polar surface area (TPSA) is 26.0 Å². The van der Waals surface area contributed by atoms with Gasteiger partial charge in [-0.1, -0.05) is 49.3 Å². The Morgan fingerprint density at radius 3 is 1.57 bits per heavy atom. The van der Waals surface area contributed by atoms with E-state index in [0.717, 1.165) is 12.3 Å². The summed E-state index contributed by atoms with van der Waals surface area (Å²) in [6, 6.07) is 0. The molecule has 0 heterocycles. The zero-order valence-electron chi connectivity index (χ0n) is 16.1. The van der Waals surface area contributed by atoms with Crippen LogP contribution in [0.2, 0.25) is 0 Å². The Balaban J connectivity index is 4.43. The van der Waals surface area contributed by atoms with E-state index in [1.165, 1.54) is 12.8 Å². The summed E-state index contributed by atoms with van der Waals surface area (Å²) in [6.07, 6.45) is 3.58. The van der Waals surface area contributed by atoms with Crippen LogP contribution in [0.4, 0.5) is 0 Å². The highest BCUT2D eigenvalue weighted by molar-refractivity contribution is 8.77. The first-order chi connectivity index (χ1) is 9.06. The summed E-state index contributed by atoms with van der Waals surface area (Å²) in [6.45, 7) is 23.1. The second-order valence-corrected chi connectivity index (χ2v) is 13.0. The fraction of sp³-hybridized carbons (Fsp3) is 1.00. The van der Waals surface area contributed by atoms with Gasteiger partial charge >= 0.3 is 0 Å². The summed E-state index contributed by atoms with van der Waals surface area (Å²) in [5, 5.41) is 0. The summed E-state index contributed by atoms with van der Waals surface area (Å²) in [5.41, 5.74) is 6.52. The van der Waals surface area contributed by atoms with Crippen LogP contribution in [-0.2, 0) is 0 Å². The van der Waals surface area contributed by atoms with Gasteiger partial charge in [-0.05, 0) is 72.1 Å². The van der Waals surface area contributed by atoms with Crippen LogP contribution in [0.3, 0.4) is 0 Å². The van der Waals surface area contributed by atoms with E-state index < -0.39 is 0 Å². The zero-order chi connectivity index (χ0) is 17.1. The van der Waals surface area contributed by atoms with Crippen LogP contribution in [0.15, 0.2) is 0 Å². The Labute approximate surface area is 142 Å². The van der Waals surface area contributed by atoms with E-state index in [2.05, 4.69) is 69.2 Å². The van der Waals surface area contributed by atoms with Crippen molar-refractivity contribution in [1.82, 2.24) is 0 Å². The Morgan fingerprint density at radius 1 is 0.762 bits per heavy atom. The van der Waals surface area contributed by atoms with Gasteiger partial charge in [0.05, 0.1) is 0 Å². The maximum atomic E-state index is 6.19. The Bertz CT molecular complexity index is 312. The molecule has 0 radical (unpaired) electrons. The molecule has 0 saturated heterocycles. The number of nitrogens with two attached hydrogens (primary N) is 1. The Hall–Kier alpha value is 0.660. The lowest BCUT2D eigenvalue weighted by Gasteiger charge is -2.36. The summed E-state index contributed by atoms with van der Waals surface area (Å²) in [7, 11) is 4.05. The van der Waals surface area contributed by atoms with E-state index in [4.69, 9.17) is 5.73 Å². The third kappa shape index (κ3) is 10.1. The highest BCUT2D eigenvalue weighted by Crippen LogP contribution is 2.49. The van der Waals surface area contributed by atoms with Gasteiger partial charge in [-0.2, -0.15) is 0 Å². The van der Waals surface area contributed by atoms with Crippen molar-refractivity contribution in [3.8, 4) is 0 Å². The van der Waals surface area contributed by atoms with E-state index in [0.29, 0.717) is 10.2 Å². The van der Waals surface area contributed by atoms with Crippen LogP contribution in [-0.4, -0.2) is 15.0 Å². The molecule has 0 aliphatic heterocycles. The number of hydrogen-bond acceptors (Lipinski definition) is 3. The summed E-state index contributed by atoms with van der Waals surface area (Å²) < 4.78 is 0.528. The van der Waals surface area contributed by atoms with Gasteiger partial charge in [0.25, 0.3) is 0 Å². The monoisotopic (exact) mass is 333 g/mol. The van der Waals surface area contributed by atoms with Crippen molar-refractivity contribution in [2.75, 3.05) is 0 Å². The van der Waals surface area contributed by atoms with Gasteiger partial charge in [0.15, 0.2) is 0 Å². The molecule has 0 atom stereocenters. The molecule has 128 valence electrons. The molecular weight excluding hydrogens is 294 g/mol. The van der Waals surface area contributed by atoms with E-state index in [9.17, 15) is 0 Å². The molecule has 0 aromatic heterocycles. The van der Waals surface area contributed by atoms with Crippen LogP contribution < -0.4 is 5.73 Å². The molecule has 0 unspecified atom stereocenters. The van der Waals surface area contributed by atoms with Gasteiger partial charge in [-0.3, -0.25) is 0 Å². The van der Waals surface area contributed by atoms with Crippen molar-refractivity contribution < 1.29 is 0 Å². The van der Waals surface area contributed by atoms with Crippen LogP contribution in [0.25, 0.3) is 0 Å². The van der Waals surface area contributed by atoms with E-state index in [-0.39, 0.29) is 10.3 Å². The standard InChI is InChI=1S/C18H39NS2/c1-14(2)15(3,4)11-12-17(7,8)20-21-18(9,10)13-16(5,6)19/h14H,11-13,19H2,1-10H3. The highest BCUT2D eigenvalue weighted by Gasteiger charge is 2.32. The quantitative estimate of drug-likeness (QED) is 0.487. The maximum Gasteiger partial charge on any atom is 0.0224 e. The Morgan fingerprint density at radius 2 is 1.19 bits per heavy atom. The van der Waals surface area contributed by atoms with Crippen molar-refractivity contribution in [2.45, 2.75) is 104 Å². The Kier molecular flexibility index (Phi) is 7.72. The maximum absolute atomic E-state index is 6.19. The minimum absolute atomic E-state index is 0.0964. The van der Waals surface area contributed by atoms with Crippen molar-refractivity contribution >= 4 is 21.6 Å². The van der Waals surface area contributed by atoms with Crippen LogP contribution in [0.1, 0.15) is 88.5 Å². The van der Waals surface area contributed by atoms with Crippen LogP contribution in [0, 0.1) is 11.3 Å². The molecule has 0 fully saturated rings. The average molecular weight is 334 g/mol. The number of hydrogen-bond donors (Lipinski definition) is 1. The minimum atomic E-state index is -0.0964. The largest absolute Gasteiger partial charge is 0.326 e. The smallest absolute Gasteiger partial charge is 0.0224 e. The molecule has 0 spiro atoms. The average Bonchev–Trinajstić information content (AvgIpc) is 2.21. The highest BCUT2D eigenvalue weighted by atomic mass is 33.1. The molecule has 0 aromatic rings. The van der Waals surface area contributed by atoms with Crippen molar-refractivity contribution in [2.24, 2.45) is 17.1 Å². The van der Waals surface area contributed by atoms with Gasteiger partial charge in [0.2, 0.25) is 0 Å². The molecular formula is C18H39NS2. The van der Waals surface area contributed by atoms with E-state index in [1.807, 2.05) is 21.6 Å². The first-order valence-corrected chi connectivity index (χ1v) is 10.4. The van der Waals surface area contributed by atoms with Gasteiger partial charge in [0.1, 0.15) is 0 Å². The number of rotatable bonds is 9. The zero-order valence-corrected chi connectivity index (χ0v) is 17.7. The lowest BCUT2D eigenvalue weighted by molar-refractivity contribution is 0.217. The molecule has 0 aliphatic carbocycles. The molecule has 2 N–H and O–H groups in total. The van der Waals surface area contributed by atoms with E-state index in [1.54, 1.807) is 0 Å². The third-order valence-electron chi connectivity index (χ3n) is 4.31. The molecule has 0 amide bonds. The van der Waals surface area contributed by atoms with Crippen LogP contribution >= 0.6 is 21.6 Å². The predicted octanol–water partition coefficient (Wildman–Crippen LogP) is 6.51. The minimum Gasteiger partial charge on any atom is -0.326 e. The molecule has 0 rings (SSSR count). The SMILES string of the molecule is CC(C)C(C)(C)CCC(C)(C)SSC(C)(C)CC(C)(C)N. The van der Waals surface area contributed by atoms with Crippen molar-refractivity contribution in [1.29, 1.82) is 0 Å². The third-order valence-corrected chi connectivity index (χ3v) is 8.60. The van der Waals surface area contributed by atoms with E-state index >= 15 is 0 Å².